The van der Waals surface area contributed by atoms with E-state index in [0.717, 1.165) is 12.5 Å². The van der Waals surface area contributed by atoms with E-state index in [4.69, 9.17) is 11.8 Å². The van der Waals surface area contributed by atoms with Gasteiger partial charge in [-0.2, -0.15) is 0 Å². The molecular weight excluding hydrogens is 114 g/mol. The van der Waals surface area contributed by atoms with Gasteiger partial charge in [0.05, 0.1) is 6.61 Å². The molecule has 0 heterocycles. The van der Waals surface area contributed by atoms with Gasteiger partial charge in [-0.1, -0.05) is 0 Å². The van der Waals surface area contributed by atoms with Crippen molar-refractivity contribution >= 4 is 11.8 Å². The molecule has 1 N–H and O–H groups in total. The highest BCUT2D eigenvalue weighted by Gasteiger charge is 2.20. The largest absolute Gasteiger partial charge is 0.286 e. The number of hydrogen-bond donors (Lipinski definition) is 1. The fourth-order valence-electron chi connectivity index (χ4n) is 0.434. The molecule has 1 aliphatic carbocycles. The second kappa shape index (κ2) is 2.50. The summed E-state index contributed by atoms with van der Waals surface area (Å²) in [6.45, 7) is 0.767. The van der Waals surface area contributed by atoms with Crippen LogP contribution >= 0.6 is 11.8 Å². The molecule has 0 atom stereocenters. The molecule has 0 radical (unpaired) electrons. The number of hydrogen-bond acceptors (Lipinski definition) is 2. The van der Waals surface area contributed by atoms with E-state index in [1.165, 1.54) is 12.8 Å². The average Bonchev–Trinajstić information content (AvgIpc) is 2.42. The van der Waals surface area contributed by atoms with Crippen LogP contribution in [0.3, 0.4) is 0 Å². The molecule has 0 amide bonds. The molecular formula is C4H8ClNO. The molecule has 3 heteroatoms. The Balaban J connectivity index is 1.80. The minimum Gasteiger partial charge on any atom is -0.286 e. The Hall–Kier alpha value is 0.210. The molecule has 0 spiro atoms. The first-order valence-corrected chi connectivity index (χ1v) is 2.78. The van der Waals surface area contributed by atoms with E-state index in [0.29, 0.717) is 0 Å². The number of nitrogens with one attached hydrogen (secondary N) is 1. The van der Waals surface area contributed by atoms with Gasteiger partial charge in [-0.3, -0.25) is 4.84 Å². The lowest BCUT2D eigenvalue weighted by Gasteiger charge is -1.92. The van der Waals surface area contributed by atoms with E-state index in [2.05, 4.69) is 9.84 Å². The van der Waals surface area contributed by atoms with Crippen molar-refractivity contribution in [3.8, 4) is 0 Å². The van der Waals surface area contributed by atoms with E-state index in [1.54, 1.807) is 0 Å². The first kappa shape index (κ1) is 5.35. The van der Waals surface area contributed by atoms with Gasteiger partial charge in [-0.15, -0.1) is 5.00 Å². The highest BCUT2D eigenvalue weighted by atomic mass is 35.5. The van der Waals surface area contributed by atoms with Crippen LogP contribution in [0, 0.1) is 5.92 Å². The van der Waals surface area contributed by atoms with Crippen LogP contribution in [-0.2, 0) is 4.84 Å². The van der Waals surface area contributed by atoms with Crippen molar-refractivity contribution in [1.82, 2.24) is 5.00 Å². The predicted molar refractivity (Wildman–Crippen MR) is 27.7 cm³/mol. The third-order valence-electron chi connectivity index (χ3n) is 1.07. The maximum Gasteiger partial charge on any atom is 0.0725 e. The standard InChI is InChI=1S/C4H8ClNO/c5-6-7-3-4-1-2-4/h4,6H,1-3H2. The first-order chi connectivity index (χ1) is 3.43. The fraction of sp³-hybridized carbons (Fsp3) is 1.00. The van der Waals surface area contributed by atoms with Crippen LogP contribution in [0.25, 0.3) is 0 Å². The highest BCUT2D eigenvalue weighted by molar-refractivity contribution is 6.12. The van der Waals surface area contributed by atoms with Crippen molar-refractivity contribution in [1.29, 1.82) is 0 Å². The molecule has 0 bridgehead atoms. The molecule has 1 rings (SSSR count). The van der Waals surface area contributed by atoms with E-state index in [-0.39, 0.29) is 0 Å². The molecule has 0 unspecified atom stereocenters. The second-order valence-electron chi connectivity index (χ2n) is 1.83. The Bertz CT molecular complexity index is 55.7. The Morgan fingerprint density at radius 3 is 2.86 bits per heavy atom. The zero-order valence-corrected chi connectivity index (χ0v) is 4.74. The van der Waals surface area contributed by atoms with Gasteiger partial charge in [0.2, 0.25) is 0 Å². The Morgan fingerprint density at radius 2 is 2.43 bits per heavy atom. The van der Waals surface area contributed by atoms with Gasteiger partial charge in [0.1, 0.15) is 0 Å². The van der Waals surface area contributed by atoms with Gasteiger partial charge < -0.3 is 0 Å². The summed E-state index contributed by atoms with van der Waals surface area (Å²) >= 11 is 5.00. The molecule has 2 nitrogen and oxygen atoms in total. The lowest BCUT2D eigenvalue weighted by atomic mass is 10.5. The summed E-state index contributed by atoms with van der Waals surface area (Å²) in [5.41, 5.74) is 0. The monoisotopic (exact) mass is 121 g/mol. The van der Waals surface area contributed by atoms with Crippen molar-refractivity contribution < 1.29 is 4.84 Å². The summed E-state index contributed by atoms with van der Waals surface area (Å²) in [6.07, 6.45) is 2.61. The summed E-state index contributed by atoms with van der Waals surface area (Å²) in [4.78, 5) is 6.78. The predicted octanol–water partition coefficient (Wildman–Crippen LogP) is 1.07. The maximum absolute atomic E-state index is 5.00. The van der Waals surface area contributed by atoms with Gasteiger partial charge in [0.25, 0.3) is 0 Å². The lowest BCUT2D eigenvalue weighted by molar-refractivity contribution is 0.0866. The van der Waals surface area contributed by atoms with Gasteiger partial charge in [-0.05, 0) is 18.8 Å². The zero-order chi connectivity index (χ0) is 5.11. The smallest absolute Gasteiger partial charge is 0.0725 e. The lowest BCUT2D eigenvalue weighted by Crippen LogP contribution is -2.03. The van der Waals surface area contributed by atoms with Gasteiger partial charge in [0.15, 0.2) is 0 Å². The van der Waals surface area contributed by atoms with Gasteiger partial charge in [-0.25, -0.2) is 0 Å². The molecule has 1 fully saturated rings. The minimum absolute atomic E-state index is 0.767. The quantitative estimate of drug-likeness (QED) is 0.446. The molecule has 0 aliphatic heterocycles. The molecule has 0 aromatic carbocycles. The van der Waals surface area contributed by atoms with Crippen molar-refractivity contribution in [2.24, 2.45) is 5.92 Å². The summed E-state index contributed by atoms with van der Waals surface area (Å²) < 4.78 is 0. The summed E-state index contributed by atoms with van der Waals surface area (Å²) in [7, 11) is 0. The van der Waals surface area contributed by atoms with E-state index < -0.39 is 0 Å². The van der Waals surface area contributed by atoms with Crippen molar-refractivity contribution in [3.63, 3.8) is 0 Å². The van der Waals surface area contributed by atoms with Gasteiger partial charge >= 0.3 is 0 Å². The highest BCUT2D eigenvalue weighted by Crippen LogP contribution is 2.28. The van der Waals surface area contributed by atoms with Crippen LogP contribution in [0.2, 0.25) is 0 Å². The Morgan fingerprint density at radius 1 is 1.71 bits per heavy atom. The van der Waals surface area contributed by atoms with Gasteiger partial charge in [0, 0.05) is 11.8 Å². The third-order valence-corrected chi connectivity index (χ3v) is 1.18. The second-order valence-corrected chi connectivity index (χ2v) is 1.99. The van der Waals surface area contributed by atoms with E-state index >= 15 is 0 Å². The van der Waals surface area contributed by atoms with Crippen LogP contribution in [-0.4, -0.2) is 6.61 Å². The van der Waals surface area contributed by atoms with E-state index in [9.17, 15) is 0 Å². The molecule has 7 heavy (non-hydrogen) atoms. The maximum atomic E-state index is 5.00. The van der Waals surface area contributed by atoms with Crippen LogP contribution in [0.15, 0.2) is 0 Å². The summed E-state index contributed by atoms with van der Waals surface area (Å²) in [5, 5.41) is 0. The van der Waals surface area contributed by atoms with Crippen LogP contribution in [0.1, 0.15) is 12.8 Å². The molecule has 42 valence electrons. The number of halogens is 1. The van der Waals surface area contributed by atoms with Crippen LogP contribution < -0.4 is 5.00 Å². The van der Waals surface area contributed by atoms with Crippen molar-refractivity contribution in [2.75, 3.05) is 6.61 Å². The first-order valence-electron chi connectivity index (χ1n) is 2.41. The Kier molecular flexibility index (Phi) is 1.91. The van der Waals surface area contributed by atoms with Crippen LogP contribution in [0.5, 0.6) is 0 Å². The summed E-state index contributed by atoms with van der Waals surface area (Å²) in [5.74, 6) is 0.784. The normalized spacial score (nSPS) is 20.1. The molecule has 1 aliphatic rings. The SMILES string of the molecule is ClNOCC1CC1. The zero-order valence-electron chi connectivity index (χ0n) is 3.98. The Labute approximate surface area is 47.9 Å². The average molecular weight is 122 g/mol. The molecule has 0 aromatic heterocycles. The van der Waals surface area contributed by atoms with Crippen molar-refractivity contribution in [2.45, 2.75) is 12.8 Å². The number of rotatable bonds is 3. The molecule has 0 aromatic rings. The topological polar surface area (TPSA) is 21.3 Å². The van der Waals surface area contributed by atoms with E-state index in [1.807, 2.05) is 0 Å². The minimum atomic E-state index is 0.767. The molecule has 0 saturated heterocycles. The summed E-state index contributed by atoms with van der Waals surface area (Å²) in [6, 6.07) is 0. The van der Waals surface area contributed by atoms with Crippen molar-refractivity contribution in [3.05, 3.63) is 0 Å². The fourth-order valence-corrected chi connectivity index (χ4v) is 0.497. The molecule has 1 saturated carbocycles. The van der Waals surface area contributed by atoms with Crippen LogP contribution in [0.4, 0.5) is 0 Å². The third kappa shape index (κ3) is 2.12.